The van der Waals surface area contributed by atoms with E-state index in [1.165, 1.54) is 4.68 Å². The van der Waals surface area contributed by atoms with E-state index in [2.05, 4.69) is 31.7 Å². The first-order valence-electron chi connectivity index (χ1n) is 10.4. The second-order valence-corrected chi connectivity index (χ2v) is 8.51. The Morgan fingerprint density at radius 3 is 2.90 bits per heavy atom. The van der Waals surface area contributed by atoms with Crippen molar-refractivity contribution in [3.63, 3.8) is 0 Å². The highest BCUT2D eigenvalue weighted by molar-refractivity contribution is 6.31. The quantitative estimate of drug-likeness (QED) is 0.481. The Balaban J connectivity index is 1.46. The van der Waals surface area contributed by atoms with Crippen molar-refractivity contribution in [3.05, 3.63) is 64.6 Å². The summed E-state index contributed by atoms with van der Waals surface area (Å²) in [5, 5.41) is 12.4. The summed E-state index contributed by atoms with van der Waals surface area (Å²) >= 11 is 6.45. The van der Waals surface area contributed by atoms with Crippen LogP contribution in [0, 0.1) is 5.41 Å². The molecule has 10 heteroatoms. The van der Waals surface area contributed by atoms with E-state index in [1.54, 1.807) is 6.26 Å². The summed E-state index contributed by atoms with van der Waals surface area (Å²) in [6.07, 6.45) is 5.72. The van der Waals surface area contributed by atoms with Crippen LogP contribution in [0.25, 0.3) is 0 Å². The fraction of sp³-hybridized carbons (Fsp3) is 0.381. The molecule has 0 amide bonds. The molecule has 2 unspecified atom stereocenters. The zero-order valence-electron chi connectivity index (χ0n) is 17.0. The maximum atomic E-state index is 8.20. The van der Waals surface area contributed by atoms with Crippen LogP contribution in [0.5, 0.6) is 0 Å². The minimum Gasteiger partial charge on any atom is -0.465 e. The lowest BCUT2D eigenvalue weighted by molar-refractivity contribution is 0.113. The smallest absolute Gasteiger partial charge is 0.247 e. The number of likely N-dealkylation sites (tertiary alicyclic amines) is 1. The molecule has 31 heavy (non-hydrogen) atoms. The molecular formula is C21H25ClN8O. The highest BCUT2D eigenvalue weighted by Gasteiger charge is 2.45. The van der Waals surface area contributed by atoms with Gasteiger partial charge in [-0.3, -0.25) is 15.7 Å². The van der Waals surface area contributed by atoms with Crippen LogP contribution >= 0.6 is 11.6 Å². The average Bonchev–Trinajstić information content (AvgIpc) is 3.40. The zero-order chi connectivity index (χ0) is 21.4. The van der Waals surface area contributed by atoms with Gasteiger partial charge in [-0.2, -0.15) is 14.6 Å². The van der Waals surface area contributed by atoms with Crippen LogP contribution in [-0.2, 0) is 12.2 Å². The number of hydrogen-bond donors (Lipinski definition) is 4. The van der Waals surface area contributed by atoms with Gasteiger partial charge in [0.2, 0.25) is 17.5 Å². The third-order valence-corrected chi connectivity index (χ3v) is 6.43. The number of fused-ring (bicyclic) bond motifs is 1. The number of anilines is 2. The van der Waals surface area contributed by atoms with E-state index < -0.39 is 5.66 Å². The van der Waals surface area contributed by atoms with Crippen molar-refractivity contribution in [2.75, 3.05) is 23.0 Å². The average molecular weight is 441 g/mol. The second-order valence-electron chi connectivity index (χ2n) is 8.10. The summed E-state index contributed by atoms with van der Waals surface area (Å²) in [7, 11) is 0. The molecule has 9 nitrogen and oxygen atoms in total. The molecule has 5 N–H and O–H groups in total. The molecular weight excluding hydrogens is 416 g/mol. The summed E-state index contributed by atoms with van der Waals surface area (Å²) in [5.74, 6) is 1.22. The van der Waals surface area contributed by atoms with Crippen LogP contribution in [0.15, 0.2) is 47.1 Å². The van der Waals surface area contributed by atoms with E-state index in [1.807, 2.05) is 30.3 Å². The van der Waals surface area contributed by atoms with Crippen molar-refractivity contribution in [1.82, 2.24) is 19.5 Å². The molecule has 4 heterocycles. The maximum absolute atomic E-state index is 8.20. The number of nitrogen functional groups attached to an aromatic ring is 1. The lowest BCUT2D eigenvalue weighted by Crippen LogP contribution is -2.50. The molecule has 0 aliphatic carbocycles. The van der Waals surface area contributed by atoms with Gasteiger partial charge in [0.05, 0.1) is 6.26 Å². The van der Waals surface area contributed by atoms with Crippen molar-refractivity contribution >= 4 is 23.5 Å². The Morgan fingerprint density at radius 2 is 2.10 bits per heavy atom. The van der Waals surface area contributed by atoms with Crippen molar-refractivity contribution < 1.29 is 4.42 Å². The van der Waals surface area contributed by atoms with Crippen LogP contribution in [0.4, 0.5) is 11.9 Å². The van der Waals surface area contributed by atoms with Crippen molar-refractivity contribution in [3.8, 4) is 0 Å². The van der Waals surface area contributed by atoms with Gasteiger partial charge in [-0.15, -0.1) is 0 Å². The van der Waals surface area contributed by atoms with Crippen LogP contribution in [0.1, 0.15) is 37.0 Å². The Kier molecular flexibility index (Phi) is 5.07. The number of furan rings is 1. The Morgan fingerprint density at radius 1 is 1.23 bits per heavy atom. The Hall–Kier alpha value is -3.04. The number of aromatic nitrogens is 3. The highest BCUT2D eigenvalue weighted by Crippen LogP contribution is 2.37. The van der Waals surface area contributed by atoms with E-state index in [0.717, 1.165) is 48.7 Å². The largest absolute Gasteiger partial charge is 0.465 e. The molecule has 1 aromatic carbocycles. The van der Waals surface area contributed by atoms with Crippen LogP contribution in [0.3, 0.4) is 0 Å². The Labute approximate surface area is 184 Å². The molecule has 5 rings (SSSR count). The molecule has 162 valence electrons. The van der Waals surface area contributed by atoms with Gasteiger partial charge >= 0.3 is 0 Å². The number of hydrogen-bond acceptors (Lipinski definition) is 8. The number of benzene rings is 1. The number of halogens is 1. The molecule has 2 aromatic heterocycles. The van der Waals surface area contributed by atoms with Gasteiger partial charge in [0.1, 0.15) is 0 Å². The van der Waals surface area contributed by atoms with Crippen molar-refractivity contribution in [1.29, 1.82) is 5.41 Å². The highest BCUT2D eigenvalue weighted by atomic mass is 35.5. The van der Waals surface area contributed by atoms with E-state index in [4.69, 9.17) is 27.2 Å². The summed E-state index contributed by atoms with van der Waals surface area (Å²) < 4.78 is 7.33. The van der Waals surface area contributed by atoms with E-state index in [-0.39, 0.29) is 17.6 Å². The van der Waals surface area contributed by atoms with Gasteiger partial charge < -0.3 is 15.5 Å². The van der Waals surface area contributed by atoms with E-state index >= 15 is 0 Å². The lowest BCUT2D eigenvalue weighted by Gasteiger charge is -2.40. The van der Waals surface area contributed by atoms with Gasteiger partial charge in [-0.1, -0.05) is 36.2 Å². The third kappa shape index (κ3) is 3.75. The fourth-order valence-corrected chi connectivity index (χ4v) is 4.77. The topological polar surface area (TPSA) is 121 Å². The summed E-state index contributed by atoms with van der Waals surface area (Å²) in [5.41, 5.74) is 9.50. The molecule has 0 bridgehead atoms. The van der Waals surface area contributed by atoms with E-state index in [9.17, 15) is 0 Å². The number of nitrogens with two attached hydrogens (primary N) is 1. The normalized spacial score (nSPS) is 23.2. The minimum absolute atomic E-state index is 0.0139. The van der Waals surface area contributed by atoms with Gasteiger partial charge in [0, 0.05) is 24.0 Å². The summed E-state index contributed by atoms with van der Waals surface area (Å²) in [6, 6.07) is 12.1. The third-order valence-electron chi connectivity index (χ3n) is 6.06. The predicted molar refractivity (Wildman–Crippen MR) is 118 cm³/mol. The van der Waals surface area contributed by atoms with Crippen molar-refractivity contribution in [2.45, 2.75) is 43.9 Å². The lowest BCUT2D eigenvalue weighted by atomic mass is 9.90. The van der Waals surface area contributed by atoms with Crippen LogP contribution < -0.4 is 22.1 Å². The molecule has 2 atom stereocenters. The number of nitrogens with zero attached hydrogens (tertiary/aromatic N) is 4. The van der Waals surface area contributed by atoms with E-state index in [0.29, 0.717) is 12.4 Å². The molecule has 0 radical (unpaired) electrons. The van der Waals surface area contributed by atoms with Gasteiger partial charge in [0.15, 0.2) is 11.4 Å². The first kappa shape index (κ1) is 19.9. The molecule has 0 spiro atoms. The summed E-state index contributed by atoms with van der Waals surface area (Å²) in [4.78, 5) is 10.7. The number of nitrogens with one attached hydrogen (secondary N) is 3. The van der Waals surface area contributed by atoms with Gasteiger partial charge in [-0.05, 0) is 43.1 Å². The van der Waals surface area contributed by atoms with Crippen LogP contribution in [0.2, 0.25) is 5.02 Å². The predicted octanol–water partition coefficient (Wildman–Crippen LogP) is 2.85. The number of rotatable bonds is 5. The number of piperidine rings is 1. The SMILES string of the molecule is N=c1nc(N)nc2n1NC(CC1CCCCN1Cc1ccccc1Cl)(c1ccco1)N2. The minimum atomic E-state index is -0.768. The maximum Gasteiger partial charge on any atom is 0.247 e. The fourth-order valence-electron chi connectivity index (χ4n) is 4.58. The first-order chi connectivity index (χ1) is 15.0. The van der Waals surface area contributed by atoms with Gasteiger partial charge in [-0.25, -0.2) is 0 Å². The van der Waals surface area contributed by atoms with Crippen molar-refractivity contribution in [2.24, 2.45) is 0 Å². The molecule has 0 saturated carbocycles. The molecule has 1 fully saturated rings. The monoisotopic (exact) mass is 440 g/mol. The van der Waals surface area contributed by atoms with Gasteiger partial charge in [0.25, 0.3) is 0 Å². The molecule has 2 aliphatic heterocycles. The first-order valence-corrected chi connectivity index (χ1v) is 10.8. The second kappa shape index (κ2) is 7.90. The molecule has 1 saturated heterocycles. The standard InChI is InChI=1S/C21H25ClN8O/c22-16-8-2-1-6-14(16)13-29-10-4-3-7-15(29)12-21(17-9-5-11-31-17)27-20-26-18(23)25-19(24)30(20)28-21/h1-2,5-6,8-9,11,15,28H,3-4,7,10,12-13H2,(H4,23,24,25,26,27). The summed E-state index contributed by atoms with van der Waals surface area (Å²) in [6.45, 7) is 1.79. The zero-order valence-corrected chi connectivity index (χ0v) is 17.8. The Bertz CT molecular complexity index is 1130. The van der Waals surface area contributed by atoms with Crippen LogP contribution in [-0.4, -0.2) is 32.1 Å². The molecule has 2 aliphatic rings. The molecule has 3 aromatic rings.